The number of carbonyl (C=O) groups excluding carboxylic acids is 2. The highest BCUT2D eigenvalue weighted by Crippen LogP contribution is 2.18. The minimum absolute atomic E-state index is 0.0456. The van der Waals surface area contributed by atoms with E-state index in [0.717, 1.165) is 10.9 Å². The largest absolute Gasteiger partial charge is 0.383 e. The summed E-state index contributed by atoms with van der Waals surface area (Å²) in [6.45, 7) is 6.96. The molecule has 0 aliphatic carbocycles. The van der Waals surface area contributed by atoms with Gasteiger partial charge in [-0.3, -0.25) is 14.5 Å². The summed E-state index contributed by atoms with van der Waals surface area (Å²) < 4.78 is 0. The van der Waals surface area contributed by atoms with Gasteiger partial charge in [-0.15, -0.1) is 0 Å². The molecule has 1 aromatic heterocycles. The van der Waals surface area contributed by atoms with Crippen molar-refractivity contribution in [2.75, 3.05) is 31.9 Å². The minimum atomic E-state index is -0.599. The average molecular weight is 481 g/mol. The van der Waals surface area contributed by atoms with E-state index in [1.165, 1.54) is 0 Å². The van der Waals surface area contributed by atoms with E-state index in [1.807, 2.05) is 43.0 Å². The summed E-state index contributed by atoms with van der Waals surface area (Å²) >= 11 is 5.91. The van der Waals surface area contributed by atoms with Gasteiger partial charge in [-0.05, 0) is 42.3 Å². The Morgan fingerprint density at radius 3 is 2.38 bits per heavy atom. The van der Waals surface area contributed by atoms with Crippen LogP contribution in [0.15, 0.2) is 48.5 Å². The van der Waals surface area contributed by atoms with Gasteiger partial charge in [0.25, 0.3) is 5.91 Å². The van der Waals surface area contributed by atoms with Crippen molar-refractivity contribution >= 4 is 40.1 Å². The predicted molar refractivity (Wildman–Crippen MR) is 133 cm³/mol. The Bertz CT molecular complexity index is 1180. The van der Waals surface area contributed by atoms with Crippen LogP contribution in [0, 0.1) is 5.92 Å². The monoisotopic (exact) mass is 480 g/mol. The van der Waals surface area contributed by atoms with E-state index in [2.05, 4.69) is 20.2 Å². The van der Waals surface area contributed by atoms with Crippen molar-refractivity contribution in [3.8, 4) is 0 Å². The van der Waals surface area contributed by atoms with Crippen LogP contribution < -0.4 is 11.1 Å². The lowest BCUT2D eigenvalue weighted by Gasteiger charge is -2.37. The molecule has 2 amide bonds. The minimum Gasteiger partial charge on any atom is -0.383 e. The summed E-state index contributed by atoms with van der Waals surface area (Å²) in [6.07, 6.45) is 0. The van der Waals surface area contributed by atoms with E-state index in [9.17, 15) is 9.59 Å². The molecule has 1 atom stereocenters. The molecular weight excluding hydrogens is 452 g/mol. The molecule has 178 valence electrons. The maximum atomic E-state index is 13.2. The molecule has 3 aromatic rings. The van der Waals surface area contributed by atoms with E-state index in [1.54, 1.807) is 24.3 Å². The summed E-state index contributed by atoms with van der Waals surface area (Å²) in [4.78, 5) is 39.0. The third-order valence-corrected chi connectivity index (χ3v) is 6.31. The highest BCUT2D eigenvalue weighted by atomic mass is 35.5. The average Bonchev–Trinajstić information content (AvgIpc) is 2.83. The first-order valence-electron chi connectivity index (χ1n) is 11.4. The van der Waals surface area contributed by atoms with Crippen LogP contribution in [0.2, 0.25) is 5.02 Å². The zero-order chi connectivity index (χ0) is 24.2. The Morgan fingerprint density at radius 2 is 1.71 bits per heavy atom. The molecular formula is C25H29ClN6O2. The molecule has 2 aromatic carbocycles. The van der Waals surface area contributed by atoms with Crippen LogP contribution in [0.25, 0.3) is 10.9 Å². The van der Waals surface area contributed by atoms with E-state index >= 15 is 0 Å². The second kappa shape index (κ2) is 10.4. The number of anilines is 1. The molecule has 0 radical (unpaired) electrons. The van der Waals surface area contributed by atoms with Crippen molar-refractivity contribution in [2.24, 2.45) is 5.92 Å². The molecule has 8 nitrogen and oxygen atoms in total. The lowest BCUT2D eigenvalue weighted by atomic mass is 10.0. The molecule has 1 saturated heterocycles. The summed E-state index contributed by atoms with van der Waals surface area (Å²) in [5.41, 5.74) is 7.41. The lowest BCUT2D eigenvalue weighted by molar-refractivity contribution is -0.136. The number of fused-ring (bicyclic) bond motifs is 1. The Balaban J connectivity index is 1.36. The number of amides is 2. The molecule has 4 rings (SSSR count). The van der Waals surface area contributed by atoms with Crippen molar-refractivity contribution in [3.05, 3.63) is 64.9 Å². The lowest BCUT2D eigenvalue weighted by Crippen LogP contribution is -2.56. The van der Waals surface area contributed by atoms with Crippen molar-refractivity contribution in [1.82, 2.24) is 25.1 Å². The quantitative estimate of drug-likeness (QED) is 0.562. The van der Waals surface area contributed by atoms with Crippen LogP contribution in [0.3, 0.4) is 0 Å². The number of aromatic nitrogens is 2. The van der Waals surface area contributed by atoms with Gasteiger partial charge in [0.05, 0.1) is 12.1 Å². The van der Waals surface area contributed by atoms with Gasteiger partial charge in [-0.1, -0.05) is 37.6 Å². The number of nitrogens with two attached hydrogens (primary N) is 1. The fourth-order valence-electron chi connectivity index (χ4n) is 4.08. The molecule has 3 N–H and O–H groups in total. The van der Waals surface area contributed by atoms with Crippen molar-refractivity contribution in [2.45, 2.75) is 26.4 Å². The molecule has 1 fully saturated rings. The number of nitrogens with one attached hydrogen (secondary N) is 1. The van der Waals surface area contributed by atoms with Crippen molar-refractivity contribution < 1.29 is 9.59 Å². The van der Waals surface area contributed by atoms with E-state index in [0.29, 0.717) is 55.0 Å². The van der Waals surface area contributed by atoms with Gasteiger partial charge in [0, 0.05) is 42.2 Å². The van der Waals surface area contributed by atoms with Gasteiger partial charge in [0.1, 0.15) is 17.7 Å². The van der Waals surface area contributed by atoms with Gasteiger partial charge in [0.15, 0.2) is 0 Å². The standard InChI is InChI=1S/C25H29ClN6O2/c1-16(2)22(30-24(33)17-7-9-18(26)10-8-17)25(34)32-13-11-31(12-14-32)15-21-28-20-6-4-3-5-19(20)23(27)29-21/h3-10,16,22H,11-15H2,1-2H3,(H,30,33)(H2,27,28,29). The second-order valence-electron chi connectivity index (χ2n) is 8.85. The van der Waals surface area contributed by atoms with Gasteiger partial charge < -0.3 is 16.0 Å². The van der Waals surface area contributed by atoms with E-state index in [-0.39, 0.29) is 17.7 Å². The highest BCUT2D eigenvalue weighted by Gasteiger charge is 2.31. The maximum Gasteiger partial charge on any atom is 0.251 e. The van der Waals surface area contributed by atoms with E-state index in [4.69, 9.17) is 17.3 Å². The number of piperazine rings is 1. The number of hydrogen-bond donors (Lipinski definition) is 2. The highest BCUT2D eigenvalue weighted by molar-refractivity contribution is 6.30. The number of halogens is 1. The maximum absolute atomic E-state index is 13.2. The summed E-state index contributed by atoms with van der Waals surface area (Å²) in [6, 6.07) is 13.7. The molecule has 34 heavy (non-hydrogen) atoms. The molecule has 1 aliphatic rings. The Labute approximate surface area is 204 Å². The van der Waals surface area contributed by atoms with Gasteiger partial charge in [-0.25, -0.2) is 9.97 Å². The van der Waals surface area contributed by atoms with Gasteiger partial charge >= 0.3 is 0 Å². The number of rotatable bonds is 6. The van der Waals surface area contributed by atoms with Gasteiger partial charge in [0.2, 0.25) is 5.91 Å². The molecule has 9 heteroatoms. The third-order valence-electron chi connectivity index (χ3n) is 6.05. The zero-order valence-corrected chi connectivity index (χ0v) is 20.1. The number of benzene rings is 2. The Hall–Kier alpha value is -3.23. The summed E-state index contributed by atoms with van der Waals surface area (Å²) in [7, 11) is 0. The molecule has 0 saturated carbocycles. The van der Waals surface area contributed by atoms with Crippen molar-refractivity contribution in [3.63, 3.8) is 0 Å². The smallest absolute Gasteiger partial charge is 0.251 e. The first-order chi connectivity index (χ1) is 16.3. The predicted octanol–water partition coefficient (Wildman–Crippen LogP) is 2.96. The zero-order valence-electron chi connectivity index (χ0n) is 19.4. The molecule has 1 unspecified atom stereocenters. The normalized spacial score (nSPS) is 15.5. The first kappa shape index (κ1) is 23.9. The fourth-order valence-corrected chi connectivity index (χ4v) is 4.21. The Morgan fingerprint density at radius 1 is 1.03 bits per heavy atom. The second-order valence-corrected chi connectivity index (χ2v) is 9.28. The van der Waals surface area contributed by atoms with Crippen LogP contribution in [0.4, 0.5) is 5.82 Å². The molecule has 0 spiro atoms. The summed E-state index contributed by atoms with van der Waals surface area (Å²) in [5.74, 6) is 0.754. The van der Waals surface area contributed by atoms with Crippen LogP contribution in [-0.2, 0) is 11.3 Å². The third kappa shape index (κ3) is 5.46. The number of nitrogens with zero attached hydrogens (tertiary/aromatic N) is 4. The van der Waals surface area contributed by atoms with Gasteiger partial charge in [-0.2, -0.15) is 0 Å². The van der Waals surface area contributed by atoms with Crippen molar-refractivity contribution in [1.29, 1.82) is 0 Å². The molecule has 0 bridgehead atoms. The molecule has 2 heterocycles. The topological polar surface area (TPSA) is 104 Å². The van der Waals surface area contributed by atoms with Crippen LogP contribution in [0.1, 0.15) is 30.0 Å². The number of carbonyl (C=O) groups is 2. The van der Waals surface area contributed by atoms with Crippen LogP contribution in [-0.4, -0.2) is 63.8 Å². The Kier molecular flexibility index (Phi) is 7.29. The number of nitrogen functional groups attached to an aromatic ring is 1. The summed E-state index contributed by atoms with van der Waals surface area (Å²) in [5, 5.41) is 4.31. The SMILES string of the molecule is CC(C)C(NC(=O)c1ccc(Cl)cc1)C(=O)N1CCN(Cc2nc(N)c3ccccc3n2)CC1. The molecule has 1 aliphatic heterocycles. The van der Waals surface area contributed by atoms with E-state index < -0.39 is 6.04 Å². The van der Waals surface area contributed by atoms with Crippen LogP contribution >= 0.6 is 11.6 Å². The van der Waals surface area contributed by atoms with Crippen LogP contribution in [0.5, 0.6) is 0 Å². The first-order valence-corrected chi connectivity index (χ1v) is 11.8. The fraction of sp³-hybridized carbons (Fsp3) is 0.360. The number of para-hydroxylation sites is 1. The number of hydrogen-bond acceptors (Lipinski definition) is 6.